The van der Waals surface area contributed by atoms with Gasteiger partial charge in [-0.3, -0.25) is 4.79 Å². The quantitative estimate of drug-likeness (QED) is 0.634. The standard InChI is InChI=1S/C19H30N4OS/c1-14-12-17(20)22-19(21-14)25-13-18(24)23(15-8-4-2-5-9-15)16-10-6-3-7-11-16/h12,15-16H,2-11,13H2,1H3,(H2,20,21,22). The molecule has 0 atom stereocenters. The zero-order chi connectivity index (χ0) is 17.6. The molecule has 1 aromatic heterocycles. The van der Waals surface area contributed by atoms with E-state index in [1.165, 1.54) is 76.0 Å². The van der Waals surface area contributed by atoms with Gasteiger partial charge in [0, 0.05) is 23.8 Å². The highest BCUT2D eigenvalue weighted by atomic mass is 32.2. The molecule has 0 bridgehead atoms. The minimum absolute atomic E-state index is 0.257. The molecule has 0 aromatic carbocycles. The predicted octanol–water partition coefficient (Wildman–Crippen LogP) is 3.95. The number of thioether (sulfide) groups is 1. The van der Waals surface area contributed by atoms with Crippen molar-refractivity contribution in [2.75, 3.05) is 11.5 Å². The Balaban J connectivity index is 1.67. The van der Waals surface area contributed by atoms with Gasteiger partial charge in [0.05, 0.1) is 5.75 Å². The van der Waals surface area contributed by atoms with Gasteiger partial charge in [-0.05, 0) is 32.6 Å². The van der Waals surface area contributed by atoms with E-state index in [2.05, 4.69) is 14.9 Å². The Bertz CT molecular complexity index is 545. The number of nitrogens with zero attached hydrogens (tertiary/aromatic N) is 3. The van der Waals surface area contributed by atoms with Crippen LogP contribution >= 0.6 is 11.8 Å². The third kappa shape index (κ3) is 5.09. The molecule has 1 aromatic rings. The zero-order valence-electron chi connectivity index (χ0n) is 15.2. The van der Waals surface area contributed by atoms with E-state index in [4.69, 9.17) is 5.73 Å². The number of carbonyl (C=O) groups excluding carboxylic acids is 1. The summed E-state index contributed by atoms with van der Waals surface area (Å²) in [5.41, 5.74) is 6.65. The van der Waals surface area contributed by atoms with Gasteiger partial charge in [-0.15, -0.1) is 0 Å². The minimum Gasteiger partial charge on any atom is -0.384 e. The van der Waals surface area contributed by atoms with Crippen LogP contribution in [0.5, 0.6) is 0 Å². The molecule has 2 aliphatic rings. The van der Waals surface area contributed by atoms with Gasteiger partial charge >= 0.3 is 0 Å². The van der Waals surface area contributed by atoms with Crippen molar-refractivity contribution in [1.82, 2.24) is 14.9 Å². The average molecular weight is 363 g/mol. The van der Waals surface area contributed by atoms with Gasteiger partial charge in [-0.25, -0.2) is 9.97 Å². The molecule has 0 radical (unpaired) electrons. The maximum Gasteiger partial charge on any atom is 0.233 e. The molecular formula is C19H30N4OS. The van der Waals surface area contributed by atoms with E-state index in [1.54, 1.807) is 6.07 Å². The number of carbonyl (C=O) groups is 1. The summed E-state index contributed by atoms with van der Waals surface area (Å²) in [7, 11) is 0. The van der Waals surface area contributed by atoms with Crippen molar-refractivity contribution < 1.29 is 4.79 Å². The van der Waals surface area contributed by atoms with Gasteiger partial charge in [-0.1, -0.05) is 50.3 Å². The van der Waals surface area contributed by atoms with Crippen molar-refractivity contribution in [3.63, 3.8) is 0 Å². The first-order valence-electron chi connectivity index (χ1n) is 9.68. The predicted molar refractivity (Wildman–Crippen MR) is 102 cm³/mol. The maximum absolute atomic E-state index is 13.1. The summed E-state index contributed by atoms with van der Waals surface area (Å²) in [6.07, 6.45) is 12.3. The molecule has 6 heteroatoms. The summed E-state index contributed by atoms with van der Waals surface area (Å²) in [6, 6.07) is 2.63. The molecule has 0 aliphatic heterocycles. The molecule has 3 rings (SSSR count). The molecule has 138 valence electrons. The third-order valence-electron chi connectivity index (χ3n) is 5.40. The number of hydrogen-bond donors (Lipinski definition) is 1. The SMILES string of the molecule is Cc1cc(N)nc(SCC(=O)N(C2CCCCC2)C2CCCCC2)n1. The minimum atomic E-state index is 0.257. The van der Waals surface area contributed by atoms with Crippen LogP contribution in [0.2, 0.25) is 0 Å². The molecule has 0 saturated heterocycles. The van der Waals surface area contributed by atoms with Gasteiger partial charge < -0.3 is 10.6 Å². The van der Waals surface area contributed by atoms with E-state index in [9.17, 15) is 4.79 Å². The van der Waals surface area contributed by atoms with E-state index in [0.717, 1.165) is 5.69 Å². The number of aryl methyl sites for hydroxylation is 1. The van der Waals surface area contributed by atoms with Crippen LogP contribution in [0.15, 0.2) is 11.2 Å². The fourth-order valence-electron chi connectivity index (χ4n) is 4.25. The summed E-state index contributed by atoms with van der Waals surface area (Å²) in [5.74, 6) is 1.14. The van der Waals surface area contributed by atoms with Crippen molar-refractivity contribution in [1.29, 1.82) is 0 Å². The van der Waals surface area contributed by atoms with Crippen LogP contribution in [-0.4, -0.2) is 38.6 Å². The first kappa shape index (κ1) is 18.5. The molecule has 1 amide bonds. The number of hydrogen-bond acceptors (Lipinski definition) is 5. The second-order valence-corrected chi connectivity index (χ2v) is 8.33. The lowest BCUT2D eigenvalue weighted by molar-refractivity contribution is -0.135. The Kier molecular flexibility index (Phi) is 6.57. The molecule has 2 fully saturated rings. The molecule has 1 heterocycles. The fourth-order valence-corrected chi connectivity index (χ4v) is 5.03. The van der Waals surface area contributed by atoms with E-state index >= 15 is 0 Å². The summed E-state index contributed by atoms with van der Waals surface area (Å²) in [4.78, 5) is 24.0. The normalized spacial score (nSPS) is 19.7. The second-order valence-electron chi connectivity index (χ2n) is 7.39. The van der Waals surface area contributed by atoms with Gasteiger partial charge in [0.25, 0.3) is 0 Å². The van der Waals surface area contributed by atoms with Crippen molar-refractivity contribution in [3.05, 3.63) is 11.8 Å². The summed E-state index contributed by atoms with van der Waals surface area (Å²) < 4.78 is 0. The Morgan fingerprint density at radius 3 is 2.16 bits per heavy atom. The first-order chi connectivity index (χ1) is 12.1. The number of amides is 1. The topological polar surface area (TPSA) is 72.1 Å². The molecular weight excluding hydrogens is 332 g/mol. The number of nitrogen functional groups attached to an aromatic ring is 1. The maximum atomic E-state index is 13.1. The van der Waals surface area contributed by atoms with Gasteiger partial charge in [0.1, 0.15) is 5.82 Å². The van der Waals surface area contributed by atoms with Crippen molar-refractivity contribution in [2.24, 2.45) is 0 Å². The highest BCUT2D eigenvalue weighted by Gasteiger charge is 2.32. The molecule has 2 N–H and O–H groups in total. The van der Waals surface area contributed by atoms with E-state index in [1.807, 2.05) is 6.92 Å². The van der Waals surface area contributed by atoms with E-state index < -0.39 is 0 Å². The van der Waals surface area contributed by atoms with Crippen LogP contribution in [0.4, 0.5) is 5.82 Å². The zero-order valence-corrected chi connectivity index (χ0v) is 16.1. The van der Waals surface area contributed by atoms with Crippen LogP contribution in [0.3, 0.4) is 0 Å². The summed E-state index contributed by atoms with van der Waals surface area (Å²) >= 11 is 1.42. The number of anilines is 1. The number of aromatic nitrogens is 2. The Morgan fingerprint density at radius 2 is 1.64 bits per heavy atom. The monoisotopic (exact) mass is 362 g/mol. The lowest BCUT2D eigenvalue weighted by Crippen LogP contribution is -2.49. The smallest absolute Gasteiger partial charge is 0.233 e. The number of rotatable bonds is 5. The van der Waals surface area contributed by atoms with Crippen LogP contribution in [0, 0.1) is 6.92 Å². The van der Waals surface area contributed by atoms with E-state index in [0.29, 0.717) is 28.8 Å². The molecule has 5 nitrogen and oxygen atoms in total. The van der Waals surface area contributed by atoms with Crippen molar-refractivity contribution >= 4 is 23.5 Å². The summed E-state index contributed by atoms with van der Waals surface area (Å²) in [6.45, 7) is 1.90. The molecule has 2 aliphatic carbocycles. The third-order valence-corrected chi connectivity index (χ3v) is 6.23. The number of nitrogens with two attached hydrogens (primary N) is 1. The highest BCUT2D eigenvalue weighted by molar-refractivity contribution is 7.99. The van der Waals surface area contributed by atoms with Crippen molar-refractivity contribution in [3.8, 4) is 0 Å². The first-order valence-corrected chi connectivity index (χ1v) is 10.7. The Morgan fingerprint density at radius 1 is 1.08 bits per heavy atom. The average Bonchev–Trinajstić information content (AvgIpc) is 2.61. The lowest BCUT2D eigenvalue weighted by atomic mass is 9.88. The van der Waals surface area contributed by atoms with E-state index in [-0.39, 0.29) is 5.91 Å². The molecule has 25 heavy (non-hydrogen) atoms. The van der Waals surface area contributed by atoms with Gasteiger partial charge in [-0.2, -0.15) is 0 Å². The second kappa shape index (κ2) is 8.88. The van der Waals surface area contributed by atoms with Crippen LogP contribution < -0.4 is 5.73 Å². The van der Waals surface area contributed by atoms with Crippen molar-refractivity contribution in [2.45, 2.75) is 88.4 Å². The Labute approximate surface area is 155 Å². The highest BCUT2D eigenvalue weighted by Crippen LogP contribution is 2.31. The molecule has 0 unspecified atom stereocenters. The fraction of sp³-hybridized carbons (Fsp3) is 0.737. The van der Waals surface area contributed by atoms with Crippen LogP contribution in [0.1, 0.15) is 69.9 Å². The lowest BCUT2D eigenvalue weighted by Gasteiger charge is -2.41. The molecule has 2 saturated carbocycles. The molecule has 0 spiro atoms. The summed E-state index contributed by atoms with van der Waals surface area (Å²) in [5, 5.41) is 0.609. The Hall–Kier alpha value is -1.30. The van der Waals surface area contributed by atoms with Crippen LogP contribution in [-0.2, 0) is 4.79 Å². The van der Waals surface area contributed by atoms with Gasteiger partial charge in [0.2, 0.25) is 5.91 Å². The largest absolute Gasteiger partial charge is 0.384 e. The van der Waals surface area contributed by atoms with Gasteiger partial charge in [0.15, 0.2) is 5.16 Å². The van der Waals surface area contributed by atoms with Crippen LogP contribution in [0.25, 0.3) is 0 Å².